The molecular weight excluding hydrogens is 248 g/mol. The Kier molecular flexibility index (Phi) is 3.91. The summed E-state index contributed by atoms with van der Waals surface area (Å²) in [6.45, 7) is 4.67. The van der Waals surface area contributed by atoms with Gasteiger partial charge in [0.2, 0.25) is 5.88 Å². The highest BCUT2D eigenvalue weighted by atomic mass is 32.1. The molecule has 2 aromatic heterocycles. The third-order valence-electron chi connectivity index (χ3n) is 2.91. The molecule has 0 aliphatic heterocycles. The molecule has 0 saturated heterocycles. The quantitative estimate of drug-likeness (QED) is 0.874. The van der Waals surface area contributed by atoms with Crippen molar-refractivity contribution in [3.05, 3.63) is 38.1 Å². The van der Waals surface area contributed by atoms with Gasteiger partial charge >= 0.3 is 5.69 Å². The second-order valence-corrected chi connectivity index (χ2v) is 5.80. The molecule has 0 aromatic carbocycles. The van der Waals surface area contributed by atoms with Gasteiger partial charge in [-0.25, -0.2) is 4.79 Å². The lowest BCUT2D eigenvalue weighted by atomic mass is 10.2. The van der Waals surface area contributed by atoms with Crippen molar-refractivity contribution in [2.75, 3.05) is 0 Å². The molecule has 0 aliphatic carbocycles. The van der Waals surface area contributed by atoms with Crippen molar-refractivity contribution in [1.29, 1.82) is 0 Å². The maximum Gasteiger partial charge on any atom is 0.328 e. The molecule has 0 atom stereocenters. The first-order valence-corrected chi connectivity index (χ1v) is 6.99. The summed E-state index contributed by atoms with van der Waals surface area (Å²) in [6.07, 6.45) is 2.47. The molecule has 0 fully saturated rings. The van der Waals surface area contributed by atoms with Gasteiger partial charge < -0.3 is 10.1 Å². The van der Waals surface area contributed by atoms with E-state index < -0.39 is 0 Å². The van der Waals surface area contributed by atoms with Gasteiger partial charge in [-0.3, -0.25) is 4.57 Å². The highest BCUT2D eigenvalue weighted by molar-refractivity contribution is 7.11. The summed E-state index contributed by atoms with van der Waals surface area (Å²) < 4.78 is 1.42. The van der Waals surface area contributed by atoms with Gasteiger partial charge in [0, 0.05) is 22.7 Å². The number of hydrogen-bond donors (Lipinski definition) is 2. The maximum absolute atomic E-state index is 11.7. The zero-order chi connectivity index (χ0) is 13.1. The fourth-order valence-electron chi connectivity index (χ4n) is 1.91. The van der Waals surface area contributed by atoms with Crippen molar-refractivity contribution in [3.8, 4) is 5.88 Å². The highest BCUT2D eigenvalue weighted by Crippen LogP contribution is 2.22. The molecule has 2 N–H and O–H groups in total. The number of imidazole rings is 1. The molecule has 98 valence electrons. The van der Waals surface area contributed by atoms with Crippen molar-refractivity contribution in [1.82, 2.24) is 9.55 Å². The van der Waals surface area contributed by atoms with Crippen LogP contribution in [0, 0.1) is 6.92 Å². The molecule has 2 rings (SSSR count). The van der Waals surface area contributed by atoms with Crippen LogP contribution in [0.2, 0.25) is 0 Å². The summed E-state index contributed by atoms with van der Waals surface area (Å²) in [6, 6.07) is 4.07. The van der Waals surface area contributed by atoms with Crippen LogP contribution in [0.1, 0.15) is 35.2 Å². The third-order valence-corrected chi connectivity index (χ3v) is 3.91. The summed E-state index contributed by atoms with van der Waals surface area (Å²) in [7, 11) is 0. The number of rotatable bonds is 5. The second kappa shape index (κ2) is 5.44. The van der Waals surface area contributed by atoms with Crippen LogP contribution in [0.5, 0.6) is 5.88 Å². The molecule has 4 nitrogen and oxygen atoms in total. The fraction of sp³-hybridized carbons (Fsp3) is 0.462. The van der Waals surface area contributed by atoms with E-state index in [1.165, 1.54) is 9.44 Å². The standard InChI is InChI=1S/C13H18N2O2S/c1-3-4-7-15-12(16)11(14-13(15)17)8-10-6-5-9(2)18-10/h5-6,16H,3-4,7-8H2,1-2H3,(H,14,17). The lowest BCUT2D eigenvalue weighted by molar-refractivity contribution is 0.404. The number of H-pyrrole nitrogens is 1. The van der Waals surface area contributed by atoms with E-state index in [-0.39, 0.29) is 11.6 Å². The lowest BCUT2D eigenvalue weighted by Gasteiger charge is -2.01. The zero-order valence-corrected chi connectivity index (χ0v) is 11.5. The average molecular weight is 266 g/mol. The van der Waals surface area contributed by atoms with Crippen LogP contribution in [0.3, 0.4) is 0 Å². The molecule has 2 aromatic rings. The number of aromatic amines is 1. The van der Waals surface area contributed by atoms with E-state index >= 15 is 0 Å². The molecule has 18 heavy (non-hydrogen) atoms. The van der Waals surface area contributed by atoms with Crippen LogP contribution in [-0.2, 0) is 13.0 Å². The number of nitrogens with zero attached hydrogens (tertiary/aromatic N) is 1. The number of hydrogen-bond acceptors (Lipinski definition) is 3. The number of unbranched alkanes of at least 4 members (excludes halogenated alkanes) is 1. The number of aromatic hydroxyl groups is 1. The molecule has 0 spiro atoms. The van der Waals surface area contributed by atoms with Gasteiger partial charge in [-0.1, -0.05) is 13.3 Å². The molecule has 0 unspecified atom stereocenters. The Morgan fingerprint density at radius 1 is 1.44 bits per heavy atom. The minimum Gasteiger partial charge on any atom is -0.493 e. The van der Waals surface area contributed by atoms with E-state index in [0.717, 1.165) is 17.7 Å². The first kappa shape index (κ1) is 13.0. The van der Waals surface area contributed by atoms with Crippen molar-refractivity contribution in [2.45, 2.75) is 39.7 Å². The van der Waals surface area contributed by atoms with E-state index in [2.05, 4.69) is 11.9 Å². The topological polar surface area (TPSA) is 58.0 Å². The van der Waals surface area contributed by atoms with Gasteiger partial charge in [-0.2, -0.15) is 0 Å². The molecule has 0 radical (unpaired) electrons. The Morgan fingerprint density at radius 2 is 2.22 bits per heavy atom. The van der Waals surface area contributed by atoms with Gasteiger partial charge in [0.25, 0.3) is 0 Å². The predicted molar refractivity (Wildman–Crippen MR) is 73.5 cm³/mol. The third kappa shape index (κ3) is 2.67. The van der Waals surface area contributed by atoms with E-state index in [1.807, 2.05) is 19.1 Å². The number of nitrogens with one attached hydrogen (secondary N) is 1. The Morgan fingerprint density at radius 3 is 2.83 bits per heavy atom. The molecule has 5 heteroatoms. The molecule has 0 amide bonds. The highest BCUT2D eigenvalue weighted by Gasteiger charge is 2.13. The van der Waals surface area contributed by atoms with Crippen molar-refractivity contribution < 1.29 is 5.11 Å². The molecule has 0 saturated carbocycles. The van der Waals surface area contributed by atoms with Crippen molar-refractivity contribution >= 4 is 11.3 Å². The first-order valence-electron chi connectivity index (χ1n) is 6.17. The van der Waals surface area contributed by atoms with Gasteiger partial charge in [0.1, 0.15) is 0 Å². The van der Waals surface area contributed by atoms with Crippen LogP contribution < -0.4 is 5.69 Å². The maximum atomic E-state index is 11.7. The SMILES string of the molecule is CCCCn1c(O)c(Cc2ccc(C)s2)[nH]c1=O. The second-order valence-electron chi connectivity index (χ2n) is 4.43. The van der Waals surface area contributed by atoms with Crippen LogP contribution in [0.15, 0.2) is 16.9 Å². The zero-order valence-electron chi connectivity index (χ0n) is 10.7. The Hall–Kier alpha value is -1.49. The summed E-state index contributed by atoms with van der Waals surface area (Å²) in [5, 5.41) is 10.0. The molecule has 0 aliphatic rings. The van der Waals surface area contributed by atoms with Crippen LogP contribution in [0.4, 0.5) is 0 Å². The van der Waals surface area contributed by atoms with E-state index in [4.69, 9.17) is 0 Å². The Labute approximate surface area is 110 Å². The van der Waals surface area contributed by atoms with E-state index in [1.54, 1.807) is 11.3 Å². The summed E-state index contributed by atoms with van der Waals surface area (Å²) >= 11 is 1.68. The Balaban J connectivity index is 2.21. The smallest absolute Gasteiger partial charge is 0.328 e. The van der Waals surface area contributed by atoms with Gasteiger partial charge in [-0.05, 0) is 25.5 Å². The summed E-state index contributed by atoms with van der Waals surface area (Å²) in [5.41, 5.74) is 0.391. The Bertz CT molecular complexity index is 580. The van der Waals surface area contributed by atoms with E-state index in [9.17, 15) is 9.90 Å². The lowest BCUT2D eigenvalue weighted by Crippen LogP contribution is -2.16. The normalized spacial score (nSPS) is 11.0. The number of aryl methyl sites for hydroxylation is 1. The fourth-order valence-corrected chi connectivity index (χ4v) is 2.82. The van der Waals surface area contributed by atoms with Gasteiger partial charge in [-0.15, -0.1) is 11.3 Å². The van der Waals surface area contributed by atoms with Gasteiger partial charge in [0.05, 0.1) is 5.69 Å². The summed E-state index contributed by atoms with van der Waals surface area (Å²) in [5.74, 6) is 0.0829. The monoisotopic (exact) mass is 266 g/mol. The molecule has 2 heterocycles. The van der Waals surface area contributed by atoms with Gasteiger partial charge in [0.15, 0.2) is 0 Å². The minimum atomic E-state index is -0.218. The minimum absolute atomic E-state index is 0.0829. The number of thiophene rings is 1. The first-order chi connectivity index (χ1) is 8.61. The number of aromatic nitrogens is 2. The van der Waals surface area contributed by atoms with Crippen molar-refractivity contribution in [3.63, 3.8) is 0 Å². The molecule has 0 bridgehead atoms. The van der Waals surface area contributed by atoms with Crippen LogP contribution in [-0.4, -0.2) is 14.7 Å². The predicted octanol–water partition coefficient (Wildman–Crippen LogP) is 2.64. The van der Waals surface area contributed by atoms with E-state index in [0.29, 0.717) is 18.7 Å². The average Bonchev–Trinajstić information content (AvgIpc) is 2.84. The summed E-state index contributed by atoms with van der Waals surface area (Å²) in [4.78, 5) is 16.8. The molecular formula is C13H18N2O2S. The largest absolute Gasteiger partial charge is 0.493 e. The van der Waals surface area contributed by atoms with Crippen molar-refractivity contribution in [2.24, 2.45) is 0 Å². The van der Waals surface area contributed by atoms with Crippen LogP contribution >= 0.6 is 11.3 Å². The van der Waals surface area contributed by atoms with Crippen LogP contribution in [0.25, 0.3) is 0 Å².